The summed E-state index contributed by atoms with van der Waals surface area (Å²) in [5, 5.41) is 10.2. The Morgan fingerprint density at radius 2 is 2.00 bits per heavy atom. The van der Waals surface area contributed by atoms with Crippen LogP contribution in [0.5, 0.6) is 0 Å². The average Bonchev–Trinajstić information content (AvgIpc) is 3.47. The molecule has 0 radical (unpaired) electrons. The van der Waals surface area contributed by atoms with E-state index in [2.05, 4.69) is 62.5 Å². The molecule has 1 N–H and O–H groups in total. The number of pyridine rings is 1. The molecule has 2 aromatic rings. The summed E-state index contributed by atoms with van der Waals surface area (Å²) in [5.41, 5.74) is 5.16. The van der Waals surface area contributed by atoms with Crippen LogP contribution in [0.15, 0.2) is 24.4 Å². The third kappa shape index (κ3) is 4.77. The minimum atomic E-state index is -0.210. The topological polar surface area (TPSA) is 63.9 Å². The zero-order chi connectivity index (χ0) is 24.6. The number of aromatic nitrogens is 3. The SMILES string of the molecule is CN1CCN(C2CC=Cc3nc(CN(C)[C@H]4CCCc5cccnc54)c(CN4CCC(O)C4)n32)CC1. The Labute approximate surface area is 215 Å². The van der Waals surface area contributed by atoms with E-state index < -0.39 is 0 Å². The van der Waals surface area contributed by atoms with Crippen LogP contribution in [0.2, 0.25) is 0 Å². The third-order valence-electron chi connectivity index (χ3n) is 8.71. The number of likely N-dealkylation sites (N-methyl/N-ethyl adjacent to an activating group) is 1. The first-order valence-corrected chi connectivity index (χ1v) is 13.8. The maximum Gasteiger partial charge on any atom is 0.134 e. The fourth-order valence-corrected chi connectivity index (χ4v) is 6.64. The van der Waals surface area contributed by atoms with Crippen LogP contribution in [-0.2, 0) is 19.5 Å². The first-order chi connectivity index (χ1) is 17.6. The lowest BCUT2D eigenvalue weighted by molar-refractivity contribution is 0.0727. The number of fused-ring (bicyclic) bond motifs is 2. The van der Waals surface area contributed by atoms with Crippen LogP contribution in [0.1, 0.15) is 66.4 Å². The lowest BCUT2D eigenvalue weighted by atomic mass is 9.91. The number of aryl methyl sites for hydroxylation is 1. The van der Waals surface area contributed by atoms with Gasteiger partial charge < -0.3 is 14.6 Å². The van der Waals surface area contributed by atoms with E-state index in [0.717, 1.165) is 83.9 Å². The van der Waals surface area contributed by atoms with E-state index in [-0.39, 0.29) is 6.10 Å². The van der Waals surface area contributed by atoms with Crippen LogP contribution in [0, 0.1) is 0 Å². The normalized spacial score (nSPS) is 27.5. The van der Waals surface area contributed by atoms with E-state index in [1.807, 2.05) is 6.20 Å². The van der Waals surface area contributed by atoms with Crippen LogP contribution in [0.25, 0.3) is 6.08 Å². The molecule has 6 rings (SSSR count). The molecule has 2 aromatic heterocycles. The fraction of sp³-hybridized carbons (Fsp3) is 0.643. The van der Waals surface area contributed by atoms with E-state index in [1.54, 1.807) is 0 Å². The second-order valence-corrected chi connectivity index (χ2v) is 11.2. The highest BCUT2D eigenvalue weighted by Crippen LogP contribution is 2.35. The highest BCUT2D eigenvalue weighted by molar-refractivity contribution is 5.46. The van der Waals surface area contributed by atoms with Gasteiger partial charge in [0, 0.05) is 65.0 Å². The molecule has 0 bridgehead atoms. The van der Waals surface area contributed by atoms with Crippen LogP contribution in [0.4, 0.5) is 0 Å². The zero-order valence-corrected chi connectivity index (χ0v) is 21.9. The first kappa shape index (κ1) is 24.2. The van der Waals surface area contributed by atoms with Crippen molar-refractivity contribution in [3.05, 3.63) is 52.9 Å². The Kier molecular flexibility index (Phi) is 6.97. The third-order valence-corrected chi connectivity index (χ3v) is 8.71. The molecule has 194 valence electrons. The summed E-state index contributed by atoms with van der Waals surface area (Å²) in [4.78, 5) is 20.0. The molecule has 2 saturated heterocycles. The van der Waals surface area contributed by atoms with Crippen molar-refractivity contribution in [1.82, 2.24) is 34.1 Å². The van der Waals surface area contributed by atoms with E-state index >= 15 is 0 Å². The quantitative estimate of drug-likeness (QED) is 0.666. The molecular formula is C28H41N7O. The number of rotatable bonds is 6. The second kappa shape index (κ2) is 10.3. The Balaban J connectivity index is 1.31. The van der Waals surface area contributed by atoms with Gasteiger partial charge in [-0.25, -0.2) is 4.98 Å². The lowest BCUT2D eigenvalue weighted by Gasteiger charge is -2.40. The summed E-state index contributed by atoms with van der Waals surface area (Å²) in [5.74, 6) is 1.09. The van der Waals surface area contributed by atoms with Crippen molar-refractivity contribution >= 4 is 6.08 Å². The minimum absolute atomic E-state index is 0.210. The molecule has 3 atom stereocenters. The van der Waals surface area contributed by atoms with Gasteiger partial charge in [0.15, 0.2) is 0 Å². The second-order valence-electron chi connectivity index (χ2n) is 11.2. The van der Waals surface area contributed by atoms with Gasteiger partial charge in [0.05, 0.1) is 35.4 Å². The van der Waals surface area contributed by atoms with Crippen molar-refractivity contribution in [2.24, 2.45) is 0 Å². The molecule has 0 amide bonds. The highest BCUT2D eigenvalue weighted by atomic mass is 16.3. The summed E-state index contributed by atoms with van der Waals surface area (Å²) in [6.45, 7) is 7.78. The predicted molar refractivity (Wildman–Crippen MR) is 141 cm³/mol. The van der Waals surface area contributed by atoms with Gasteiger partial charge in [-0.15, -0.1) is 0 Å². The maximum atomic E-state index is 10.2. The largest absolute Gasteiger partial charge is 0.392 e. The zero-order valence-electron chi connectivity index (χ0n) is 21.9. The number of β-amino-alcohol motifs (C(OH)–C–C–N with tert-alkyl or cyclic N) is 1. The van der Waals surface area contributed by atoms with Gasteiger partial charge in [0.25, 0.3) is 0 Å². The van der Waals surface area contributed by atoms with Gasteiger partial charge in [0.1, 0.15) is 5.82 Å². The van der Waals surface area contributed by atoms with Gasteiger partial charge in [0.2, 0.25) is 0 Å². The van der Waals surface area contributed by atoms with Crippen LogP contribution >= 0.6 is 0 Å². The van der Waals surface area contributed by atoms with Gasteiger partial charge in [-0.05, 0) is 57.5 Å². The average molecular weight is 492 g/mol. The van der Waals surface area contributed by atoms with Crippen molar-refractivity contribution < 1.29 is 5.11 Å². The molecule has 5 heterocycles. The molecule has 0 spiro atoms. The number of nitrogens with zero attached hydrogens (tertiary/aromatic N) is 7. The van der Waals surface area contributed by atoms with Crippen molar-refractivity contribution in [1.29, 1.82) is 0 Å². The van der Waals surface area contributed by atoms with Gasteiger partial charge in [-0.2, -0.15) is 0 Å². The molecular weight excluding hydrogens is 450 g/mol. The number of hydrogen-bond acceptors (Lipinski definition) is 7. The minimum Gasteiger partial charge on any atom is -0.392 e. The molecule has 3 aliphatic heterocycles. The summed E-state index contributed by atoms with van der Waals surface area (Å²) in [7, 11) is 4.46. The molecule has 8 nitrogen and oxygen atoms in total. The molecule has 0 saturated carbocycles. The number of aliphatic hydroxyl groups is 1. The van der Waals surface area contributed by atoms with Crippen molar-refractivity contribution in [3.63, 3.8) is 0 Å². The highest BCUT2D eigenvalue weighted by Gasteiger charge is 2.33. The van der Waals surface area contributed by atoms with Gasteiger partial charge >= 0.3 is 0 Å². The number of aliphatic hydroxyl groups excluding tert-OH is 1. The monoisotopic (exact) mass is 491 g/mol. The summed E-state index contributed by atoms with van der Waals surface area (Å²) in [6.07, 6.45) is 12.0. The Morgan fingerprint density at radius 1 is 1.14 bits per heavy atom. The lowest BCUT2D eigenvalue weighted by Crippen LogP contribution is -2.48. The van der Waals surface area contributed by atoms with E-state index in [1.165, 1.54) is 29.1 Å². The predicted octanol–water partition coefficient (Wildman–Crippen LogP) is 2.52. The standard InChI is InChI=1S/C28H41N7O/c1-31-14-16-34(17-15-31)27-10-4-9-26-30-23(25(35(26)27)20-33-13-11-22(36)18-33)19-32(2)24-8-3-6-21-7-5-12-29-28(21)24/h4-5,7,9,12,22,24,27,36H,3,6,8,10-11,13-20H2,1-2H3/t22?,24-,27?/m0/s1. The van der Waals surface area contributed by atoms with Crippen molar-refractivity contribution in [3.8, 4) is 0 Å². The Bertz CT molecular complexity index is 1090. The molecule has 4 aliphatic rings. The number of likely N-dealkylation sites (tertiary alicyclic amines) is 1. The maximum absolute atomic E-state index is 10.2. The van der Waals surface area contributed by atoms with Gasteiger partial charge in [-0.3, -0.25) is 19.7 Å². The number of hydrogen-bond donors (Lipinski definition) is 1. The fourth-order valence-electron chi connectivity index (χ4n) is 6.64. The summed E-state index contributed by atoms with van der Waals surface area (Å²) < 4.78 is 2.53. The molecule has 8 heteroatoms. The van der Waals surface area contributed by atoms with E-state index in [4.69, 9.17) is 9.97 Å². The van der Waals surface area contributed by atoms with Crippen LogP contribution < -0.4 is 0 Å². The number of piperazine rings is 1. The van der Waals surface area contributed by atoms with Crippen LogP contribution in [-0.4, -0.2) is 98.7 Å². The summed E-state index contributed by atoms with van der Waals surface area (Å²) in [6, 6.07) is 4.64. The van der Waals surface area contributed by atoms with Crippen LogP contribution in [0.3, 0.4) is 0 Å². The Hall–Kier alpha value is -2.10. The van der Waals surface area contributed by atoms with Gasteiger partial charge in [-0.1, -0.05) is 12.1 Å². The molecule has 36 heavy (non-hydrogen) atoms. The first-order valence-electron chi connectivity index (χ1n) is 13.8. The molecule has 2 unspecified atom stereocenters. The van der Waals surface area contributed by atoms with E-state index in [0.29, 0.717) is 12.2 Å². The molecule has 2 fully saturated rings. The Morgan fingerprint density at radius 3 is 2.81 bits per heavy atom. The molecule has 1 aliphatic carbocycles. The van der Waals surface area contributed by atoms with Crippen molar-refractivity contribution in [2.45, 2.75) is 63.5 Å². The summed E-state index contributed by atoms with van der Waals surface area (Å²) >= 11 is 0. The number of imidazole rings is 1. The van der Waals surface area contributed by atoms with Crippen molar-refractivity contribution in [2.75, 3.05) is 53.4 Å². The smallest absolute Gasteiger partial charge is 0.134 e. The molecule has 0 aromatic carbocycles. The van der Waals surface area contributed by atoms with E-state index in [9.17, 15) is 5.11 Å².